The van der Waals surface area contributed by atoms with Gasteiger partial charge in [0.15, 0.2) is 0 Å². The van der Waals surface area contributed by atoms with Crippen LogP contribution in [0, 0.1) is 18.8 Å². The molecule has 3 rings (SSSR count). The van der Waals surface area contributed by atoms with Crippen LogP contribution in [0.2, 0.25) is 0 Å². The largest absolute Gasteiger partial charge is 0.309 e. The highest BCUT2D eigenvalue weighted by atomic mass is 14.9. The zero-order valence-corrected chi connectivity index (χ0v) is 11.5. The molecule has 18 heavy (non-hydrogen) atoms. The molecule has 2 aliphatic rings. The van der Waals surface area contributed by atoms with Crippen LogP contribution >= 0.6 is 0 Å². The molecule has 1 nitrogen and oxygen atoms in total. The molecule has 1 atom stereocenters. The summed E-state index contributed by atoms with van der Waals surface area (Å²) in [6, 6.07) is 9.76. The van der Waals surface area contributed by atoms with Crippen molar-refractivity contribution in [3.63, 3.8) is 0 Å². The summed E-state index contributed by atoms with van der Waals surface area (Å²) >= 11 is 0. The fourth-order valence-corrected chi connectivity index (χ4v) is 3.27. The van der Waals surface area contributed by atoms with Gasteiger partial charge in [0.2, 0.25) is 0 Å². The van der Waals surface area contributed by atoms with Gasteiger partial charge < -0.3 is 5.32 Å². The van der Waals surface area contributed by atoms with Gasteiger partial charge in [-0.1, -0.05) is 42.7 Å². The van der Waals surface area contributed by atoms with Crippen molar-refractivity contribution in [2.75, 3.05) is 6.54 Å². The molecule has 98 valence electrons. The Labute approximate surface area is 111 Å². The average molecular weight is 243 g/mol. The zero-order chi connectivity index (χ0) is 12.4. The SMILES string of the molecule is Cc1ccc(C(NCC2CCCC2)C2CC2)cc1. The molecule has 0 aromatic heterocycles. The van der Waals surface area contributed by atoms with Gasteiger partial charge in [0, 0.05) is 6.04 Å². The Balaban J connectivity index is 1.62. The second-order valence-corrected chi connectivity index (χ2v) is 6.28. The Bertz CT molecular complexity index is 371. The fraction of sp³-hybridized carbons (Fsp3) is 0.647. The zero-order valence-electron chi connectivity index (χ0n) is 11.5. The van der Waals surface area contributed by atoms with Crippen molar-refractivity contribution in [3.8, 4) is 0 Å². The lowest BCUT2D eigenvalue weighted by Crippen LogP contribution is -2.27. The summed E-state index contributed by atoms with van der Waals surface area (Å²) in [6.07, 6.45) is 8.61. The Morgan fingerprint density at radius 3 is 2.33 bits per heavy atom. The minimum Gasteiger partial charge on any atom is -0.309 e. The van der Waals surface area contributed by atoms with E-state index in [2.05, 4.69) is 36.5 Å². The van der Waals surface area contributed by atoms with Crippen molar-refractivity contribution in [1.82, 2.24) is 5.32 Å². The van der Waals surface area contributed by atoms with E-state index in [0.29, 0.717) is 6.04 Å². The molecule has 2 aliphatic carbocycles. The number of aryl methyl sites for hydroxylation is 1. The molecule has 0 heterocycles. The van der Waals surface area contributed by atoms with Gasteiger partial charge in [-0.3, -0.25) is 0 Å². The van der Waals surface area contributed by atoms with Crippen LogP contribution in [0.15, 0.2) is 24.3 Å². The van der Waals surface area contributed by atoms with Crippen molar-refractivity contribution in [3.05, 3.63) is 35.4 Å². The predicted molar refractivity (Wildman–Crippen MR) is 76.6 cm³/mol. The van der Waals surface area contributed by atoms with E-state index in [1.54, 1.807) is 0 Å². The van der Waals surface area contributed by atoms with E-state index < -0.39 is 0 Å². The van der Waals surface area contributed by atoms with E-state index in [1.165, 1.54) is 56.2 Å². The molecule has 0 aliphatic heterocycles. The van der Waals surface area contributed by atoms with Crippen LogP contribution in [0.4, 0.5) is 0 Å². The first kappa shape index (κ1) is 12.2. The molecular weight excluding hydrogens is 218 g/mol. The Kier molecular flexibility index (Phi) is 3.69. The maximum Gasteiger partial charge on any atom is 0.0348 e. The fourth-order valence-electron chi connectivity index (χ4n) is 3.27. The first-order chi connectivity index (χ1) is 8.83. The van der Waals surface area contributed by atoms with Crippen LogP contribution < -0.4 is 5.32 Å². The number of rotatable bonds is 5. The summed E-state index contributed by atoms with van der Waals surface area (Å²) in [5.74, 6) is 1.84. The number of hydrogen-bond acceptors (Lipinski definition) is 1. The van der Waals surface area contributed by atoms with Crippen LogP contribution in [-0.4, -0.2) is 6.54 Å². The van der Waals surface area contributed by atoms with Crippen LogP contribution in [-0.2, 0) is 0 Å². The van der Waals surface area contributed by atoms with Crippen molar-refractivity contribution in [1.29, 1.82) is 0 Å². The summed E-state index contributed by atoms with van der Waals surface area (Å²) in [5.41, 5.74) is 2.87. The van der Waals surface area contributed by atoms with E-state index in [1.807, 2.05) is 0 Å². The molecule has 1 heteroatoms. The number of benzene rings is 1. The maximum atomic E-state index is 3.86. The summed E-state index contributed by atoms with van der Waals surface area (Å²) in [7, 11) is 0. The molecule has 1 aromatic carbocycles. The molecule has 0 radical (unpaired) electrons. The van der Waals surface area contributed by atoms with Gasteiger partial charge in [-0.05, 0) is 56.6 Å². The number of hydrogen-bond donors (Lipinski definition) is 1. The van der Waals surface area contributed by atoms with Gasteiger partial charge in [-0.25, -0.2) is 0 Å². The van der Waals surface area contributed by atoms with Crippen LogP contribution in [0.3, 0.4) is 0 Å². The smallest absolute Gasteiger partial charge is 0.0348 e. The van der Waals surface area contributed by atoms with Crippen molar-refractivity contribution in [2.45, 2.75) is 51.5 Å². The molecular formula is C17H25N. The minimum atomic E-state index is 0.617. The predicted octanol–water partition coefficient (Wildman–Crippen LogP) is 4.23. The highest BCUT2D eigenvalue weighted by Crippen LogP contribution is 2.41. The van der Waals surface area contributed by atoms with Gasteiger partial charge in [0.25, 0.3) is 0 Å². The van der Waals surface area contributed by atoms with Gasteiger partial charge in [0.1, 0.15) is 0 Å². The van der Waals surface area contributed by atoms with Crippen molar-refractivity contribution < 1.29 is 0 Å². The third-order valence-electron chi connectivity index (χ3n) is 4.63. The summed E-state index contributed by atoms with van der Waals surface area (Å²) in [5, 5.41) is 3.86. The molecule has 2 saturated carbocycles. The second-order valence-electron chi connectivity index (χ2n) is 6.28. The second kappa shape index (κ2) is 5.44. The number of nitrogens with one attached hydrogen (secondary N) is 1. The Morgan fingerprint density at radius 1 is 1.06 bits per heavy atom. The molecule has 0 spiro atoms. The van der Waals surface area contributed by atoms with Gasteiger partial charge in [-0.15, -0.1) is 0 Å². The third-order valence-corrected chi connectivity index (χ3v) is 4.63. The third kappa shape index (κ3) is 2.95. The van der Waals surface area contributed by atoms with E-state index in [0.717, 1.165) is 11.8 Å². The lowest BCUT2D eigenvalue weighted by molar-refractivity contribution is 0.412. The normalized spacial score (nSPS) is 22.3. The monoisotopic (exact) mass is 243 g/mol. The van der Waals surface area contributed by atoms with Gasteiger partial charge >= 0.3 is 0 Å². The molecule has 1 N–H and O–H groups in total. The molecule has 0 saturated heterocycles. The Hall–Kier alpha value is -0.820. The molecule has 0 bridgehead atoms. The van der Waals surface area contributed by atoms with E-state index >= 15 is 0 Å². The van der Waals surface area contributed by atoms with E-state index in [-0.39, 0.29) is 0 Å². The first-order valence-electron chi connectivity index (χ1n) is 7.63. The molecule has 2 fully saturated rings. The highest BCUT2D eigenvalue weighted by molar-refractivity contribution is 5.25. The summed E-state index contributed by atoms with van der Waals surface area (Å²) < 4.78 is 0. The lowest BCUT2D eigenvalue weighted by Gasteiger charge is -2.21. The van der Waals surface area contributed by atoms with Crippen LogP contribution in [0.25, 0.3) is 0 Å². The van der Waals surface area contributed by atoms with Crippen LogP contribution in [0.1, 0.15) is 55.7 Å². The molecule has 1 unspecified atom stereocenters. The van der Waals surface area contributed by atoms with Gasteiger partial charge in [0.05, 0.1) is 0 Å². The Morgan fingerprint density at radius 2 is 1.72 bits per heavy atom. The molecule has 0 amide bonds. The molecule has 1 aromatic rings. The topological polar surface area (TPSA) is 12.0 Å². The van der Waals surface area contributed by atoms with Crippen LogP contribution in [0.5, 0.6) is 0 Å². The highest BCUT2D eigenvalue weighted by Gasteiger charge is 2.32. The lowest BCUT2D eigenvalue weighted by atomic mass is 9.99. The summed E-state index contributed by atoms with van der Waals surface area (Å²) in [4.78, 5) is 0. The summed E-state index contributed by atoms with van der Waals surface area (Å²) in [6.45, 7) is 3.40. The first-order valence-corrected chi connectivity index (χ1v) is 7.63. The van der Waals surface area contributed by atoms with Crippen molar-refractivity contribution >= 4 is 0 Å². The average Bonchev–Trinajstić information content (AvgIpc) is 3.08. The van der Waals surface area contributed by atoms with Crippen molar-refractivity contribution in [2.24, 2.45) is 11.8 Å². The maximum absolute atomic E-state index is 3.86. The minimum absolute atomic E-state index is 0.617. The van der Waals surface area contributed by atoms with E-state index in [4.69, 9.17) is 0 Å². The standard InChI is InChI=1S/C17H25N/c1-13-6-8-15(9-7-13)17(16-10-11-16)18-12-14-4-2-3-5-14/h6-9,14,16-18H,2-5,10-12H2,1H3. The van der Waals surface area contributed by atoms with Gasteiger partial charge in [-0.2, -0.15) is 0 Å². The quantitative estimate of drug-likeness (QED) is 0.816. The van der Waals surface area contributed by atoms with E-state index in [9.17, 15) is 0 Å².